The van der Waals surface area contributed by atoms with Crippen LogP contribution in [0.4, 0.5) is 5.69 Å². The Bertz CT molecular complexity index is 7310. The molecule has 2 heterocycles. The summed E-state index contributed by atoms with van der Waals surface area (Å²) >= 11 is 0. The van der Waals surface area contributed by atoms with Gasteiger partial charge >= 0.3 is 0 Å². The van der Waals surface area contributed by atoms with Crippen molar-refractivity contribution in [2.24, 2.45) is 0 Å². The van der Waals surface area contributed by atoms with E-state index in [9.17, 15) is 5.26 Å². The van der Waals surface area contributed by atoms with Crippen molar-refractivity contribution in [1.29, 1.82) is 5.26 Å². The predicted octanol–water partition coefficient (Wildman–Crippen LogP) is 28.1. The summed E-state index contributed by atoms with van der Waals surface area (Å²) in [7, 11) is 0. The molecule has 0 fully saturated rings. The molecular weight excluding hydrogens is 1280 g/mol. The first-order chi connectivity index (χ1) is 52.4. The molecular formula is C102H60N4. The van der Waals surface area contributed by atoms with E-state index < -0.39 is 0 Å². The molecule has 0 bridgehead atoms. The van der Waals surface area contributed by atoms with Gasteiger partial charge in [0.15, 0.2) is 5.69 Å². The van der Waals surface area contributed by atoms with Crippen LogP contribution in [0.25, 0.3) is 213 Å². The lowest BCUT2D eigenvalue weighted by Crippen LogP contribution is -1.93. The van der Waals surface area contributed by atoms with E-state index in [1.165, 1.54) is 147 Å². The van der Waals surface area contributed by atoms with Gasteiger partial charge in [0, 0.05) is 38.4 Å². The molecule has 0 amide bonds. The highest BCUT2D eigenvalue weighted by molar-refractivity contribution is 6.27. The molecule has 4 nitrogen and oxygen atoms in total. The largest absolute Gasteiger partial charge is 0.310 e. The number of hydrogen-bond acceptors (Lipinski definition) is 1. The quantitative estimate of drug-likeness (QED) is 0.110. The molecule has 106 heavy (non-hydrogen) atoms. The molecule has 20 aromatic carbocycles. The Kier molecular flexibility index (Phi) is 13.7. The maximum Gasteiger partial charge on any atom is 0.189 e. The van der Waals surface area contributed by atoms with Crippen LogP contribution < -0.4 is 0 Å². The second-order valence-corrected chi connectivity index (χ2v) is 28.1. The third-order valence-corrected chi connectivity index (χ3v) is 22.2. The second kappa shape index (κ2) is 24.1. The molecule has 0 spiro atoms. The van der Waals surface area contributed by atoms with Gasteiger partial charge in [-0.1, -0.05) is 249 Å². The van der Waals surface area contributed by atoms with E-state index in [0.717, 1.165) is 60.7 Å². The van der Waals surface area contributed by atoms with Gasteiger partial charge in [-0.2, -0.15) is 5.26 Å². The summed E-state index contributed by atoms with van der Waals surface area (Å²) in [6.07, 6.45) is 0. The van der Waals surface area contributed by atoms with Crippen molar-refractivity contribution >= 4 is 135 Å². The van der Waals surface area contributed by atoms with Gasteiger partial charge in [-0.25, -0.2) is 4.85 Å². The Morgan fingerprint density at radius 2 is 0.613 bits per heavy atom. The molecule has 22 rings (SSSR count). The molecule has 0 atom stereocenters. The molecule has 0 saturated heterocycles. The number of rotatable bonds is 8. The summed E-state index contributed by atoms with van der Waals surface area (Å²) in [5.41, 5.74) is 22.4. The lowest BCUT2D eigenvalue weighted by atomic mass is 9.87. The van der Waals surface area contributed by atoms with Gasteiger partial charge in [0.25, 0.3) is 0 Å². The van der Waals surface area contributed by atoms with Crippen LogP contribution in [-0.4, -0.2) is 9.13 Å². The van der Waals surface area contributed by atoms with Crippen molar-refractivity contribution in [2.75, 3.05) is 0 Å². The summed E-state index contributed by atoms with van der Waals surface area (Å²) in [5.74, 6) is 0. The first-order valence-electron chi connectivity index (χ1n) is 36.1. The summed E-state index contributed by atoms with van der Waals surface area (Å²) in [4.78, 5) is 3.76. The van der Waals surface area contributed by atoms with Crippen LogP contribution in [-0.2, 0) is 0 Å². The number of fused-ring (bicyclic) bond motifs is 8. The molecule has 488 valence electrons. The standard InChI is InChI=1S/C55H32N2.C47H28N2/c1-56-42-23-25-51-50-24-22-35(32-52(50)57(53(51)33-42)43-12-3-2-4-13-43)46-26-27-47(49-16-8-7-15-48(46)49)41-30-38-20-18-36-28-40(29-37-19-21-39(31-41)55(38)54(36)37)45-17-9-11-34-10-5-6-14-44(34)45;48-29-30-14-21-44-43(22-30)42-20-19-34(28-45(42)49(44)41-12-5-2-6-13-41)32-10-7-11-33(23-32)40-26-37-17-15-35-24-39(31-8-3-1-4-9-31)25-36-16-18-38(27-40)47(37)46(35)36/h2-33H;1-28H. The molecule has 22 aromatic rings. The average Bonchev–Trinajstić information content (AvgIpc) is 1.03. The Morgan fingerprint density at radius 1 is 0.226 bits per heavy atom. The Morgan fingerprint density at radius 3 is 1.16 bits per heavy atom. The molecule has 0 aliphatic rings. The van der Waals surface area contributed by atoms with Crippen LogP contribution in [0.5, 0.6) is 0 Å². The highest BCUT2D eigenvalue weighted by Gasteiger charge is 2.21. The number of benzene rings is 20. The van der Waals surface area contributed by atoms with E-state index in [1.807, 2.05) is 36.4 Å². The SMILES string of the molecule is N#Cc1ccc2c(c1)c1ccc(-c3cccc(-c4cc5ccc6cc(-c7ccccc7)cc7ccc(c4)c5c67)c3)cc1n2-c1ccccc1.[C-]#[N+]c1ccc2c3ccc(-c4ccc(-c5cc6ccc7cc(-c8cccc9ccccc89)cc8ccc(c5)c6c78)c5ccccc45)cc3n(-c3ccccc3)c2c1. The molecule has 0 N–H and O–H groups in total. The fourth-order valence-corrected chi connectivity index (χ4v) is 17.3. The number of aromatic nitrogens is 2. The maximum atomic E-state index is 9.64. The smallest absolute Gasteiger partial charge is 0.189 e. The van der Waals surface area contributed by atoms with Crippen molar-refractivity contribution < 1.29 is 0 Å². The van der Waals surface area contributed by atoms with Gasteiger partial charge in [-0.3, -0.25) is 0 Å². The summed E-state index contributed by atoms with van der Waals surface area (Å²) < 4.78 is 4.61. The lowest BCUT2D eigenvalue weighted by Gasteiger charge is -2.17. The molecule has 0 saturated carbocycles. The molecule has 4 heteroatoms. The third-order valence-electron chi connectivity index (χ3n) is 22.2. The van der Waals surface area contributed by atoms with E-state index in [-0.39, 0.29) is 0 Å². The number of para-hydroxylation sites is 2. The Labute approximate surface area is 611 Å². The van der Waals surface area contributed by atoms with E-state index in [1.54, 1.807) is 0 Å². The van der Waals surface area contributed by atoms with Gasteiger partial charge in [0.05, 0.1) is 34.8 Å². The third kappa shape index (κ3) is 9.74. The molecule has 0 aliphatic heterocycles. The van der Waals surface area contributed by atoms with E-state index in [4.69, 9.17) is 6.57 Å². The van der Waals surface area contributed by atoms with Crippen LogP contribution in [0.1, 0.15) is 5.56 Å². The van der Waals surface area contributed by atoms with Gasteiger partial charge < -0.3 is 9.13 Å². The van der Waals surface area contributed by atoms with Gasteiger partial charge in [0.1, 0.15) is 0 Å². The highest BCUT2D eigenvalue weighted by Crippen LogP contribution is 2.46. The van der Waals surface area contributed by atoms with Crippen molar-refractivity contribution in [3.8, 4) is 84.2 Å². The Balaban J connectivity index is 0.000000138. The van der Waals surface area contributed by atoms with Crippen LogP contribution in [0.15, 0.2) is 364 Å². The zero-order chi connectivity index (χ0) is 70.1. The molecule has 0 aliphatic carbocycles. The summed E-state index contributed by atoms with van der Waals surface area (Å²) in [5, 5.41) is 34.6. The predicted molar refractivity (Wildman–Crippen MR) is 448 cm³/mol. The number of nitriles is 1. The fourth-order valence-electron chi connectivity index (χ4n) is 17.3. The van der Waals surface area contributed by atoms with Crippen LogP contribution >= 0.6 is 0 Å². The van der Waals surface area contributed by atoms with E-state index >= 15 is 0 Å². The minimum absolute atomic E-state index is 0.641. The minimum Gasteiger partial charge on any atom is -0.310 e. The van der Waals surface area contributed by atoms with E-state index in [2.05, 4.69) is 348 Å². The summed E-state index contributed by atoms with van der Waals surface area (Å²) in [6, 6.07) is 134. The molecule has 2 aromatic heterocycles. The molecule has 0 radical (unpaired) electrons. The van der Waals surface area contributed by atoms with Crippen molar-refractivity contribution in [3.05, 3.63) is 381 Å². The van der Waals surface area contributed by atoms with Crippen molar-refractivity contribution in [2.45, 2.75) is 0 Å². The zero-order valence-electron chi connectivity index (χ0n) is 57.4. The number of nitrogens with zero attached hydrogens (tertiary/aromatic N) is 4. The number of hydrogen-bond donors (Lipinski definition) is 0. The Hall–Kier alpha value is -14.4. The first-order valence-corrected chi connectivity index (χ1v) is 36.1. The van der Waals surface area contributed by atoms with Gasteiger partial charge in [-0.15, -0.1) is 0 Å². The van der Waals surface area contributed by atoms with Crippen molar-refractivity contribution in [3.63, 3.8) is 0 Å². The van der Waals surface area contributed by atoms with Crippen LogP contribution in [0, 0.1) is 17.9 Å². The fraction of sp³-hybridized carbons (Fsp3) is 0. The topological polar surface area (TPSA) is 38.0 Å². The van der Waals surface area contributed by atoms with Crippen LogP contribution in [0.3, 0.4) is 0 Å². The molecule has 0 unspecified atom stereocenters. The monoisotopic (exact) mass is 1340 g/mol. The zero-order valence-corrected chi connectivity index (χ0v) is 57.4. The lowest BCUT2D eigenvalue weighted by molar-refractivity contribution is 1.18. The normalized spacial score (nSPS) is 11.8. The average molecular weight is 1340 g/mol. The second-order valence-electron chi connectivity index (χ2n) is 28.1. The summed E-state index contributed by atoms with van der Waals surface area (Å²) in [6.45, 7) is 7.70. The van der Waals surface area contributed by atoms with Gasteiger partial charge in [0.2, 0.25) is 0 Å². The van der Waals surface area contributed by atoms with Crippen LogP contribution in [0.2, 0.25) is 0 Å². The van der Waals surface area contributed by atoms with Gasteiger partial charge in [-0.05, 0) is 268 Å². The minimum atomic E-state index is 0.641. The maximum absolute atomic E-state index is 9.64. The highest BCUT2D eigenvalue weighted by atomic mass is 15.0. The van der Waals surface area contributed by atoms with E-state index in [0.29, 0.717) is 11.3 Å². The first kappa shape index (κ1) is 60.4. The van der Waals surface area contributed by atoms with Crippen molar-refractivity contribution in [1.82, 2.24) is 9.13 Å².